The first kappa shape index (κ1) is 15.6. The third-order valence-electron chi connectivity index (χ3n) is 2.21. The zero-order valence-electron chi connectivity index (χ0n) is 10.3. The monoisotopic (exact) mass is 332 g/mol. The van der Waals surface area contributed by atoms with E-state index in [1.165, 1.54) is 19.2 Å². The van der Waals surface area contributed by atoms with E-state index in [0.717, 1.165) is 6.07 Å². The van der Waals surface area contributed by atoms with Gasteiger partial charge in [-0.15, -0.1) is 0 Å². The predicted octanol–water partition coefficient (Wildman–Crippen LogP) is 1.08. The van der Waals surface area contributed by atoms with Crippen molar-refractivity contribution in [1.82, 2.24) is 10.6 Å². The van der Waals surface area contributed by atoms with Crippen LogP contribution in [-0.4, -0.2) is 38.6 Å². The van der Waals surface area contributed by atoms with Crippen molar-refractivity contribution in [3.8, 4) is 0 Å². The van der Waals surface area contributed by atoms with Crippen molar-refractivity contribution in [2.75, 3.05) is 26.8 Å². The SMILES string of the molecule is COCCNC(=O)CNC(=O)c1cc(F)ccc1Br. The summed E-state index contributed by atoms with van der Waals surface area (Å²) < 4.78 is 18.2. The van der Waals surface area contributed by atoms with Gasteiger partial charge >= 0.3 is 0 Å². The van der Waals surface area contributed by atoms with E-state index in [9.17, 15) is 14.0 Å². The van der Waals surface area contributed by atoms with E-state index in [1.54, 1.807) is 0 Å². The van der Waals surface area contributed by atoms with Crippen molar-refractivity contribution in [1.29, 1.82) is 0 Å². The minimum absolute atomic E-state index is 0.143. The van der Waals surface area contributed by atoms with E-state index in [4.69, 9.17) is 4.74 Å². The molecule has 0 unspecified atom stereocenters. The van der Waals surface area contributed by atoms with E-state index in [-0.39, 0.29) is 18.0 Å². The van der Waals surface area contributed by atoms with Crippen molar-refractivity contribution >= 4 is 27.7 Å². The van der Waals surface area contributed by atoms with Crippen molar-refractivity contribution in [2.45, 2.75) is 0 Å². The highest BCUT2D eigenvalue weighted by Gasteiger charge is 2.12. The molecular formula is C12H14BrFN2O3. The number of halogens is 2. The maximum atomic E-state index is 13.0. The van der Waals surface area contributed by atoms with E-state index in [2.05, 4.69) is 26.6 Å². The van der Waals surface area contributed by atoms with Crippen LogP contribution in [0.4, 0.5) is 4.39 Å². The molecule has 0 atom stereocenters. The van der Waals surface area contributed by atoms with Crippen LogP contribution in [0.2, 0.25) is 0 Å². The fourth-order valence-corrected chi connectivity index (χ4v) is 1.71. The highest BCUT2D eigenvalue weighted by molar-refractivity contribution is 9.10. The van der Waals surface area contributed by atoms with Crippen molar-refractivity contribution in [2.24, 2.45) is 0 Å². The first-order valence-corrected chi connectivity index (χ1v) is 6.32. The first-order valence-electron chi connectivity index (χ1n) is 5.53. The van der Waals surface area contributed by atoms with Gasteiger partial charge in [0.15, 0.2) is 0 Å². The fraction of sp³-hybridized carbons (Fsp3) is 0.333. The molecule has 2 amide bonds. The molecule has 0 heterocycles. The van der Waals surface area contributed by atoms with Crippen LogP contribution >= 0.6 is 15.9 Å². The topological polar surface area (TPSA) is 67.4 Å². The highest BCUT2D eigenvalue weighted by Crippen LogP contribution is 2.17. The van der Waals surface area contributed by atoms with Crippen LogP contribution in [0.25, 0.3) is 0 Å². The van der Waals surface area contributed by atoms with E-state index in [0.29, 0.717) is 17.6 Å². The molecule has 7 heteroatoms. The Morgan fingerprint density at radius 2 is 2.11 bits per heavy atom. The number of methoxy groups -OCH3 is 1. The number of carbonyl (C=O) groups is 2. The van der Waals surface area contributed by atoms with Gasteiger partial charge < -0.3 is 15.4 Å². The number of benzene rings is 1. The third kappa shape index (κ3) is 5.35. The van der Waals surface area contributed by atoms with E-state index >= 15 is 0 Å². The van der Waals surface area contributed by atoms with Crippen LogP contribution in [0.3, 0.4) is 0 Å². The minimum Gasteiger partial charge on any atom is -0.383 e. The van der Waals surface area contributed by atoms with Crippen LogP contribution in [0.15, 0.2) is 22.7 Å². The number of hydrogen-bond donors (Lipinski definition) is 2. The predicted molar refractivity (Wildman–Crippen MR) is 71.3 cm³/mol. The summed E-state index contributed by atoms with van der Waals surface area (Å²) in [5.74, 6) is -1.37. The van der Waals surface area contributed by atoms with Gasteiger partial charge in [-0.1, -0.05) is 0 Å². The van der Waals surface area contributed by atoms with Gasteiger partial charge in [-0.25, -0.2) is 4.39 Å². The maximum absolute atomic E-state index is 13.0. The lowest BCUT2D eigenvalue weighted by Crippen LogP contribution is -2.38. The molecule has 0 saturated heterocycles. The summed E-state index contributed by atoms with van der Waals surface area (Å²) in [5.41, 5.74) is 0.143. The summed E-state index contributed by atoms with van der Waals surface area (Å²) in [4.78, 5) is 23.1. The molecule has 0 aliphatic heterocycles. The van der Waals surface area contributed by atoms with Crippen LogP contribution in [0, 0.1) is 5.82 Å². The Morgan fingerprint density at radius 3 is 2.79 bits per heavy atom. The Labute approximate surface area is 118 Å². The molecule has 0 aliphatic carbocycles. The smallest absolute Gasteiger partial charge is 0.252 e. The molecule has 0 fully saturated rings. The standard InChI is InChI=1S/C12H14BrFN2O3/c1-19-5-4-15-11(17)7-16-12(18)9-6-8(14)2-3-10(9)13/h2-3,6H,4-5,7H2,1H3,(H,15,17)(H,16,18). The molecule has 2 N–H and O–H groups in total. The number of ether oxygens (including phenoxy) is 1. The second-order valence-corrected chi connectivity index (χ2v) is 4.50. The molecule has 0 bridgehead atoms. The first-order chi connectivity index (χ1) is 9.04. The van der Waals surface area contributed by atoms with Gasteiger partial charge in [-0.3, -0.25) is 9.59 Å². The Bertz CT molecular complexity index is 468. The van der Waals surface area contributed by atoms with Crippen LogP contribution < -0.4 is 10.6 Å². The normalized spacial score (nSPS) is 10.1. The molecular weight excluding hydrogens is 319 g/mol. The number of hydrogen-bond acceptors (Lipinski definition) is 3. The molecule has 1 aromatic rings. The second-order valence-electron chi connectivity index (χ2n) is 3.65. The van der Waals surface area contributed by atoms with Crippen molar-refractivity contribution < 1.29 is 18.7 Å². The molecule has 0 aliphatic rings. The van der Waals surface area contributed by atoms with Crippen molar-refractivity contribution in [3.05, 3.63) is 34.1 Å². The van der Waals surface area contributed by atoms with Crippen LogP contribution in [0.5, 0.6) is 0 Å². The van der Waals surface area contributed by atoms with Gasteiger partial charge in [0.25, 0.3) is 5.91 Å². The Balaban J connectivity index is 2.47. The van der Waals surface area contributed by atoms with Crippen LogP contribution in [-0.2, 0) is 9.53 Å². The quantitative estimate of drug-likeness (QED) is 0.766. The second kappa shape index (κ2) is 7.85. The summed E-state index contributed by atoms with van der Waals surface area (Å²) in [6.45, 7) is 0.593. The van der Waals surface area contributed by atoms with Gasteiger partial charge in [0, 0.05) is 18.1 Å². The number of rotatable bonds is 6. The molecule has 104 valence electrons. The zero-order valence-corrected chi connectivity index (χ0v) is 11.9. The lowest BCUT2D eigenvalue weighted by atomic mass is 10.2. The summed E-state index contributed by atoms with van der Waals surface area (Å²) in [6, 6.07) is 3.77. The van der Waals surface area contributed by atoms with Crippen LogP contribution in [0.1, 0.15) is 10.4 Å². The van der Waals surface area contributed by atoms with Gasteiger partial charge in [0.1, 0.15) is 5.82 Å². The average Bonchev–Trinajstić information content (AvgIpc) is 2.39. The summed E-state index contributed by atoms with van der Waals surface area (Å²) in [7, 11) is 1.52. The van der Waals surface area contributed by atoms with Gasteiger partial charge in [-0.05, 0) is 34.1 Å². The minimum atomic E-state index is -0.520. The largest absolute Gasteiger partial charge is 0.383 e. The van der Waals surface area contributed by atoms with Gasteiger partial charge in [0.2, 0.25) is 5.91 Å². The lowest BCUT2D eigenvalue weighted by Gasteiger charge is -2.07. The van der Waals surface area contributed by atoms with Gasteiger partial charge in [0.05, 0.1) is 18.7 Å². The summed E-state index contributed by atoms with van der Waals surface area (Å²) >= 11 is 3.14. The van der Waals surface area contributed by atoms with E-state index in [1.807, 2.05) is 0 Å². The molecule has 1 rings (SSSR count). The Kier molecular flexibility index (Phi) is 6.44. The number of carbonyl (C=O) groups excluding carboxylic acids is 2. The maximum Gasteiger partial charge on any atom is 0.252 e. The number of amides is 2. The number of nitrogens with one attached hydrogen (secondary N) is 2. The molecule has 19 heavy (non-hydrogen) atoms. The third-order valence-corrected chi connectivity index (χ3v) is 2.90. The average molecular weight is 333 g/mol. The molecule has 0 aromatic heterocycles. The zero-order chi connectivity index (χ0) is 14.3. The summed E-state index contributed by atoms with van der Waals surface area (Å²) in [5, 5.41) is 4.96. The fourth-order valence-electron chi connectivity index (χ4n) is 1.28. The molecule has 1 aromatic carbocycles. The Morgan fingerprint density at radius 1 is 1.37 bits per heavy atom. The molecule has 0 saturated carbocycles. The Hall–Kier alpha value is -1.47. The summed E-state index contributed by atoms with van der Waals surface area (Å²) in [6.07, 6.45) is 0. The van der Waals surface area contributed by atoms with E-state index < -0.39 is 11.7 Å². The molecule has 5 nitrogen and oxygen atoms in total. The van der Waals surface area contributed by atoms with Crippen molar-refractivity contribution in [3.63, 3.8) is 0 Å². The molecule has 0 spiro atoms. The highest BCUT2D eigenvalue weighted by atomic mass is 79.9. The lowest BCUT2D eigenvalue weighted by molar-refractivity contribution is -0.120. The molecule has 0 radical (unpaired) electrons. The van der Waals surface area contributed by atoms with Gasteiger partial charge in [-0.2, -0.15) is 0 Å².